The molecule has 0 radical (unpaired) electrons. The Kier molecular flexibility index (Phi) is 4.71. The fourth-order valence-electron chi connectivity index (χ4n) is 2.08. The van der Waals surface area contributed by atoms with Gasteiger partial charge in [-0.05, 0) is 30.5 Å². The van der Waals surface area contributed by atoms with Gasteiger partial charge in [0.2, 0.25) is 0 Å². The minimum Gasteiger partial charge on any atom is -0.207 e. The first-order valence-corrected chi connectivity index (χ1v) is 7.65. The zero-order valence-electron chi connectivity index (χ0n) is 9.22. The van der Waals surface area contributed by atoms with Crippen LogP contribution in [0.3, 0.4) is 0 Å². The third kappa shape index (κ3) is 3.49. The molecule has 0 amide bonds. The van der Waals surface area contributed by atoms with Gasteiger partial charge in [0, 0.05) is 15.5 Å². The summed E-state index contributed by atoms with van der Waals surface area (Å²) in [7, 11) is 0. The molecule has 16 heavy (non-hydrogen) atoms. The van der Waals surface area contributed by atoms with Crippen molar-refractivity contribution in [3.8, 4) is 0 Å². The van der Waals surface area contributed by atoms with Gasteiger partial charge in [-0.2, -0.15) is 11.8 Å². The molecule has 0 saturated heterocycles. The molecule has 3 heteroatoms. The van der Waals surface area contributed by atoms with E-state index in [2.05, 4.69) is 15.9 Å². The lowest BCUT2D eigenvalue weighted by Crippen LogP contribution is -2.08. The van der Waals surface area contributed by atoms with Gasteiger partial charge in [0.15, 0.2) is 0 Å². The van der Waals surface area contributed by atoms with Gasteiger partial charge >= 0.3 is 0 Å². The summed E-state index contributed by atoms with van der Waals surface area (Å²) in [6.07, 6.45) is 6.69. The van der Waals surface area contributed by atoms with E-state index in [4.69, 9.17) is 0 Å². The molecular formula is C13H16BrFS. The van der Waals surface area contributed by atoms with Crippen molar-refractivity contribution in [3.05, 3.63) is 34.1 Å². The number of halogens is 2. The molecule has 0 heterocycles. The van der Waals surface area contributed by atoms with E-state index in [1.807, 2.05) is 23.9 Å². The summed E-state index contributed by atoms with van der Waals surface area (Å²) in [5, 5.41) is 0.747. The first-order valence-electron chi connectivity index (χ1n) is 5.81. The van der Waals surface area contributed by atoms with Crippen molar-refractivity contribution < 1.29 is 4.39 Å². The Bertz CT molecular complexity index is 348. The van der Waals surface area contributed by atoms with E-state index >= 15 is 0 Å². The van der Waals surface area contributed by atoms with Crippen molar-refractivity contribution >= 4 is 27.7 Å². The van der Waals surface area contributed by atoms with Gasteiger partial charge in [0.25, 0.3) is 0 Å². The predicted octanol–water partition coefficient (Wildman–Crippen LogP) is 5.15. The topological polar surface area (TPSA) is 0 Å². The fourth-order valence-corrected chi connectivity index (χ4v) is 3.73. The van der Waals surface area contributed by atoms with Crippen molar-refractivity contribution in [3.63, 3.8) is 0 Å². The molecule has 1 aromatic carbocycles. The average Bonchev–Trinajstić information content (AvgIpc) is 2.29. The molecule has 0 N–H and O–H groups in total. The third-order valence-corrected chi connectivity index (χ3v) is 4.96. The molecule has 2 rings (SSSR count). The van der Waals surface area contributed by atoms with Crippen LogP contribution in [0.4, 0.5) is 4.39 Å². The second-order valence-corrected chi connectivity index (χ2v) is 6.51. The molecule has 1 aliphatic rings. The van der Waals surface area contributed by atoms with Crippen LogP contribution in [0.15, 0.2) is 22.7 Å². The fraction of sp³-hybridized carbons (Fsp3) is 0.538. The summed E-state index contributed by atoms with van der Waals surface area (Å²) >= 11 is 5.19. The molecule has 0 nitrogen and oxygen atoms in total. The highest BCUT2D eigenvalue weighted by Crippen LogP contribution is 2.31. The standard InChI is InChI=1S/C13H16BrFS/c14-11-7-6-10(13(15)8-11)9-16-12-4-2-1-3-5-12/h6-8,12H,1-5,9H2. The zero-order valence-corrected chi connectivity index (χ0v) is 11.6. The first-order chi connectivity index (χ1) is 7.75. The van der Waals surface area contributed by atoms with Crippen LogP contribution in [0.1, 0.15) is 37.7 Å². The molecule has 88 valence electrons. The summed E-state index contributed by atoms with van der Waals surface area (Å²) < 4.78 is 14.4. The van der Waals surface area contributed by atoms with E-state index in [0.717, 1.165) is 21.0 Å². The largest absolute Gasteiger partial charge is 0.207 e. The molecular weight excluding hydrogens is 287 g/mol. The lowest BCUT2D eigenvalue weighted by molar-refractivity contribution is 0.516. The normalized spacial score (nSPS) is 17.6. The molecule has 1 aliphatic carbocycles. The van der Waals surface area contributed by atoms with Crippen molar-refractivity contribution in [1.82, 2.24) is 0 Å². The van der Waals surface area contributed by atoms with E-state index in [9.17, 15) is 4.39 Å². The van der Waals surface area contributed by atoms with Crippen LogP contribution in [0.2, 0.25) is 0 Å². The second kappa shape index (κ2) is 6.06. The van der Waals surface area contributed by atoms with Crippen LogP contribution in [0, 0.1) is 5.82 Å². The first kappa shape index (κ1) is 12.4. The van der Waals surface area contributed by atoms with E-state index in [-0.39, 0.29) is 5.82 Å². The van der Waals surface area contributed by atoms with E-state index in [1.54, 1.807) is 6.07 Å². The molecule has 0 aliphatic heterocycles. The molecule has 1 aromatic rings. The predicted molar refractivity (Wildman–Crippen MR) is 72.3 cm³/mol. The van der Waals surface area contributed by atoms with Gasteiger partial charge in [-0.3, -0.25) is 0 Å². The maximum atomic E-state index is 13.6. The lowest BCUT2D eigenvalue weighted by atomic mass is 10.0. The Hall–Kier alpha value is -0.0200. The van der Waals surface area contributed by atoms with Crippen LogP contribution < -0.4 is 0 Å². The Balaban J connectivity index is 1.88. The molecule has 0 aromatic heterocycles. The van der Waals surface area contributed by atoms with Crippen LogP contribution in [0.25, 0.3) is 0 Å². The van der Waals surface area contributed by atoms with Gasteiger partial charge in [-0.15, -0.1) is 0 Å². The van der Waals surface area contributed by atoms with E-state index in [0.29, 0.717) is 0 Å². The van der Waals surface area contributed by atoms with Gasteiger partial charge < -0.3 is 0 Å². The summed E-state index contributed by atoms with van der Waals surface area (Å²) in [5.74, 6) is 0.724. The van der Waals surface area contributed by atoms with Crippen LogP contribution in [-0.4, -0.2) is 5.25 Å². The Labute approximate surface area is 109 Å². The number of thioether (sulfide) groups is 1. The lowest BCUT2D eigenvalue weighted by Gasteiger charge is -2.21. The Morgan fingerprint density at radius 3 is 2.69 bits per heavy atom. The van der Waals surface area contributed by atoms with Crippen LogP contribution in [0.5, 0.6) is 0 Å². The second-order valence-electron chi connectivity index (χ2n) is 4.31. The summed E-state index contributed by atoms with van der Waals surface area (Å²) in [5.41, 5.74) is 0.832. The monoisotopic (exact) mass is 302 g/mol. The quantitative estimate of drug-likeness (QED) is 0.743. The minimum absolute atomic E-state index is 0.0855. The number of rotatable bonds is 3. The third-order valence-electron chi connectivity index (χ3n) is 3.04. The molecule has 1 saturated carbocycles. The molecule has 1 fully saturated rings. The Morgan fingerprint density at radius 1 is 1.25 bits per heavy atom. The average molecular weight is 303 g/mol. The van der Waals surface area contributed by atoms with Crippen molar-refractivity contribution in [2.45, 2.75) is 43.1 Å². The van der Waals surface area contributed by atoms with E-state index in [1.165, 1.54) is 32.1 Å². The summed E-state index contributed by atoms with van der Waals surface area (Å²) in [4.78, 5) is 0. The number of hydrogen-bond donors (Lipinski definition) is 0. The highest BCUT2D eigenvalue weighted by atomic mass is 79.9. The van der Waals surface area contributed by atoms with Gasteiger partial charge in [0.05, 0.1) is 0 Å². The molecule has 0 spiro atoms. The van der Waals surface area contributed by atoms with Crippen LogP contribution in [-0.2, 0) is 5.75 Å². The van der Waals surface area contributed by atoms with Crippen molar-refractivity contribution in [2.24, 2.45) is 0 Å². The number of hydrogen-bond acceptors (Lipinski definition) is 1. The Morgan fingerprint density at radius 2 is 2.00 bits per heavy atom. The zero-order chi connectivity index (χ0) is 11.4. The SMILES string of the molecule is Fc1cc(Br)ccc1CSC1CCCCC1. The highest BCUT2D eigenvalue weighted by molar-refractivity contribution is 9.10. The van der Waals surface area contributed by atoms with E-state index < -0.39 is 0 Å². The maximum Gasteiger partial charge on any atom is 0.128 e. The smallest absolute Gasteiger partial charge is 0.128 e. The van der Waals surface area contributed by atoms with Gasteiger partial charge in [0.1, 0.15) is 5.82 Å². The summed E-state index contributed by atoms with van der Waals surface area (Å²) in [6, 6.07) is 5.35. The van der Waals surface area contributed by atoms with Crippen molar-refractivity contribution in [1.29, 1.82) is 0 Å². The molecule has 0 bridgehead atoms. The van der Waals surface area contributed by atoms with Gasteiger partial charge in [-0.1, -0.05) is 41.3 Å². The highest BCUT2D eigenvalue weighted by Gasteiger charge is 2.14. The molecule has 0 atom stereocenters. The minimum atomic E-state index is -0.0855. The number of benzene rings is 1. The summed E-state index contributed by atoms with van der Waals surface area (Å²) in [6.45, 7) is 0. The maximum absolute atomic E-state index is 13.6. The van der Waals surface area contributed by atoms with Gasteiger partial charge in [-0.25, -0.2) is 4.39 Å². The van der Waals surface area contributed by atoms with Crippen LogP contribution >= 0.6 is 27.7 Å². The molecule has 0 unspecified atom stereocenters. The van der Waals surface area contributed by atoms with Crippen molar-refractivity contribution in [2.75, 3.05) is 0 Å².